The lowest BCUT2D eigenvalue weighted by Gasteiger charge is -2.46. The fraction of sp³-hybridized carbons (Fsp3) is 0.533. The second-order valence-corrected chi connectivity index (χ2v) is 6.23. The molecule has 0 amide bonds. The van der Waals surface area contributed by atoms with Crippen LogP contribution in [0, 0.1) is 5.92 Å². The lowest BCUT2D eigenvalue weighted by molar-refractivity contribution is 0.0793. The molecule has 124 valence electrons. The van der Waals surface area contributed by atoms with Crippen molar-refractivity contribution in [2.75, 3.05) is 6.61 Å². The summed E-state index contributed by atoms with van der Waals surface area (Å²) in [5.74, 6) is 0.582. The van der Waals surface area contributed by atoms with E-state index in [-0.39, 0.29) is 16.9 Å². The molecule has 0 aliphatic heterocycles. The molecule has 0 saturated heterocycles. The molecule has 23 heavy (non-hydrogen) atoms. The first-order valence-corrected chi connectivity index (χ1v) is 7.49. The second kappa shape index (κ2) is 6.03. The van der Waals surface area contributed by atoms with Crippen molar-refractivity contribution >= 4 is 11.6 Å². The van der Waals surface area contributed by atoms with Crippen LogP contribution in [0.5, 0.6) is 5.88 Å². The SMILES string of the molecule is [2H]C([2H])([2H])n1cnnc1C1(c2cc(Cl)nc(OCC(F)F)c2)CC(C)C1. The maximum atomic E-state index is 12.4. The minimum atomic E-state index is -2.64. The van der Waals surface area contributed by atoms with Gasteiger partial charge in [-0.2, -0.15) is 0 Å². The van der Waals surface area contributed by atoms with Crippen LogP contribution in [0.25, 0.3) is 0 Å². The first-order valence-electron chi connectivity index (χ1n) is 8.62. The standard InChI is InChI=1S/C15H17ClF2N4O/c1-9-5-15(6-9,14-21-19-8-22(14)2)10-3-11(16)20-13(4-10)23-7-12(17)18/h3-4,8-9,12H,5-7H2,1-2H3/i2D3. The van der Waals surface area contributed by atoms with Gasteiger partial charge in [-0.15, -0.1) is 10.2 Å². The third-order valence-electron chi connectivity index (χ3n) is 4.05. The van der Waals surface area contributed by atoms with E-state index in [1.54, 1.807) is 6.07 Å². The zero-order chi connectivity index (χ0) is 19.1. The lowest BCUT2D eigenvalue weighted by Crippen LogP contribution is -2.43. The Morgan fingerprint density at radius 1 is 1.52 bits per heavy atom. The van der Waals surface area contributed by atoms with Gasteiger partial charge in [0, 0.05) is 17.2 Å². The van der Waals surface area contributed by atoms with Crippen LogP contribution in [-0.4, -0.2) is 32.8 Å². The number of nitrogens with zero attached hydrogens (tertiary/aromatic N) is 4. The molecule has 0 atom stereocenters. The number of rotatable bonds is 5. The van der Waals surface area contributed by atoms with Crippen LogP contribution < -0.4 is 4.74 Å². The molecule has 0 bridgehead atoms. The monoisotopic (exact) mass is 345 g/mol. The number of aromatic nitrogens is 4. The molecular weight excluding hydrogens is 326 g/mol. The highest BCUT2D eigenvalue weighted by atomic mass is 35.5. The van der Waals surface area contributed by atoms with Crippen molar-refractivity contribution in [1.29, 1.82) is 0 Å². The molecule has 2 heterocycles. The molecule has 3 rings (SSSR count). The molecule has 1 aliphatic rings. The Bertz CT molecular complexity index is 793. The topological polar surface area (TPSA) is 52.8 Å². The molecular formula is C15H17ClF2N4O. The Morgan fingerprint density at radius 3 is 2.96 bits per heavy atom. The second-order valence-electron chi connectivity index (χ2n) is 5.84. The van der Waals surface area contributed by atoms with Gasteiger partial charge in [0.1, 0.15) is 17.3 Å². The number of hydrogen-bond donors (Lipinski definition) is 0. The summed E-state index contributed by atoms with van der Waals surface area (Å²) in [6.07, 6.45) is -0.229. The van der Waals surface area contributed by atoms with Gasteiger partial charge in [0.15, 0.2) is 6.61 Å². The van der Waals surface area contributed by atoms with E-state index in [1.165, 1.54) is 12.4 Å². The van der Waals surface area contributed by atoms with E-state index in [1.807, 2.05) is 6.92 Å². The van der Waals surface area contributed by atoms with Gasteiger partial charge < -0.3 is 9.30 Å². The van der Waals surface area contributed by atoms with Gasteiger partial charge in [-0.1, -0.05) is 18.5 Å². The molecule has 0 N–H and O–H groups in total. The third-order valence-corrected chi connectivity index (χ3v) is 4.24. The summed E-state index contributed by atoms with van der Waals surface area (Å²) in [6, 6.07) is 3.10. The maximum absolute atomic E-state index is 12.4. The Balaban J connectivity index is 2.05. The largest absolute Gasteiger partial charge is 0.472 e. The van der Waals surface area contributed by atoms with Crippen molar-refractivity contribution in [2.24, 2.45) is 12.9 Å². The third kappa shape index (κ3) is 3.02. The molecule has 0 spiro atoms. The minimum absolute atomic E-state index is 0.0355. The summed E-state index contributed by atoms with van der Waals surface area (Å²) in [5, 5.41) is 7.89. The predicted octanol–water partition coefficient (Wildman–Crippen LogP) is 3.22. The molecule has 1 aliphatic carbocycles. The van der Waals surface area contributed by atoms with Crippen molar-refractivity contribution in [3.8, 4) is 5.88 Å². The Labute approximate surface area is 141 Å². The van der Waals surface area contributed by atoms with Crippen LogP contribution in [0.3, 0.4) is 0 Å². The summed E-state index contributed by atoms with van der Waals surface area (Å²) in [7, 11) is 0. The lowest BCUT2D eigenvalue weighted by atomic mass is 9.58. The smallest absolute Gasteiger partial charge is 0.272 e. The van der Waals surface area contributed by atoms with Crippen molar-refractivity contribution in [1.82, 2.24) is 19.7 Å². The van der Waals surface area contributed by atoms with Crippen molar-refractivity contribution in [3.05, 3.63) is 35.0 Å². The highest BCUT2D eigenvalue weighted by Gasteiger charge is 2.48. The van der Waals surface area contributed by atoms with Crippen LogP contribution in [-0.2, 0) is 12.4 Å². The fourth-order valence-electron chi connectivity index (χ4n) is 3.21. The number of aryl methyl sites for hydroxylation is 1. The number of ether oxygens (including phenoxy) is 1. The molecule has 2 aromatic heterocycles. The number of alkyl halides is 2. The molecule has 0 radical (unpaired) electrons. The number of halogens is 3. The van der Waals surface area contributed by atoms with Crippen LogP contribution in [0.1, 0.15) is 35.3 Å². The van der Waals surface area contributed by atoms with Crippen LogP contribution in [0.4, 0.5) is 8.78 Å². The summed E-state index contributed by atoms with van der Waals surface area (Å²) in [5.41, 5.74) is -0.113. The highest BCUT2D eigenvalue weighted by Crippen LogP contribution is 2.52. The number of hydrogen-bond acceptors (Lipinski definition) is 4. The highest BCUT2D eigenvalue weighted by molar-refractivity contribution is 6.29. The Hall–Kier alpha value is -1.76. The van der Waals surface area contributed by atoms with Gasteiger partial charge in [-0.05, 0) is 30.4 Å². The van der Waals surface area contributed by atoms with Gasteiger partial charge in [-0.25, -0.2) is 13.8 Å². The average Bonchev–Trinajstić information content (AvgIpc) is 2.99. The fourth-order valence-corrected chi connectivity index (χ4v) is 3.41. The average molecular weight is 346 g/mol. The normalized spacial score (nSPS) is 26.3. The Kier molecular flexibility index (Phi) is 3.31. The van der Waals surface area contributed by atoms with Gasteiger partial charge >= 0.3 is 0 Å². The molecule has 1 saturated carbocycles. The summed E-state index contributed by atoms with van der Waals surface area (Å²) < 4.78 is 54.0. The van der Waals surface area contributed by atoms with Gasteiger partial charge in [0.2, 0.25) is 5.88 Å². The molecule has 0 aromatic carbocycles. The van der Waals surface area contributed by atoms with Crippen LogP contribution >= 0.6 is 11.6 Å². The predicted molar refractivity (Wildman–Crippen MR) is 80.9 cm³/mol. The number of pyridine rings is 1. The van der Waals surface area contributed by atoms with E-state index >= 15 is 0 Å². The van der Waals surface area contributed by atoms with Crippen molar-refractivity contribution in [3.63, 3.8) is 0 Å². The minimum Gasteiger partial charge on any atom is -0.472 e. The molecule has 8 heteroatoms. The van der Waals surface area contributed by atoms with E-state index in [4.69, 9.17) is 20.5 Å². The molecule has 5 nitrogen and oxygen atoms in total. The van der Waals surface area contributed by atoms with E-state index in [0.717, 1.165) is 4.57 Å². The molecule has 1 fully saturated rings. The van der Waals surface area contributed by atoms with E-state index < -0.39 is 25.4 Å². The first kappa shape index (κ1) is 12.6. The van der Waals surface area contributed by atoms with Crippen molar-refractivity contribution < 1.29 is 17.6 Å². The van der Waals surface area contributed by atoms with Crippen LogP contribution in [0.2, 0.25) is 5.15 Å². The Morgan fingerprint density at radius 2 is 2.30 bits per heavy atom. The summed E-state index contributed by atoms with van der Waals surface area (Å²) >= 11 is 6.05. The zero-order valence-electron chi connectivity index (χ0n) is 15.3. The van der Waals surface area contributed by atoms with Crippen molar-refractivity contribution in [2.45, 2.75) is 31.6 Å². The zero-order valence-corrected chi connectivity index (χ0v) is 13.1. The molecule has 0 unspecified atom stereocenters. The van der Waals surface area contributed by atoms with Gasteiger partial charge in [0.05, 0.1) is 5.41 Å². The molecule has 2 aromatic rings. The van der Waals surface area contributed by atoms with Gasteiger partial charge in [0.25, 0.3) is 6.43 Å². The van der Waals surface area contributed by atoms with E-state index in [9.17, 15) is 8.78 Å². The quantitative estimate of drug-likeness (QED) is 0.781. The maximum Gasteiger partial charge on any atom is 0.272 e. The summed E-state index contributed by atoms with van der Waals surface area (Å²) in [4.78, 5) is 3.91. The van der Waals surface area contributed by atoms with E-state index in [0.29, 0.717) is 24.3 Å². The first-order chi connectivity index (χ1) is 12.1. The summed E-state index contributed by atoms with van der Waals surface area (Å²) in [6.45, 7) is -1.20. The van der Waals surface area contributed by atoms with Gasteiger partial charge in [-0.3, -0.25) is 0 Å². The van der Waals surface area contributed by atoms with Crippen LogP contribution in [0.15, 0.2) is 18.5 Å². The van der Waals surface area contributed by atoms with E-state index in [2.05, 4.69) is 15.2 Å².